The Bertz CT molecular complexity index is 342. The van der Waals surface area contributed by atoms with Crippen molar-refractivity contribution >= 4 is 12.2 Å². The maximum absolute atomic E-state index is 11.1. The summed E-state index contributed by atoms with van der Waals surface area (Å²) < 4.78 is 4.27. The number of rotatable bonds is 2. The molecule has 0 atom stereocenters. The van der Waals surface area contributed by atoms with Gasteiger partial charge in [-0.3, -0.25) is 0 Å². The zero-order valence-electron chi connectivity index (χ0n) is 12.0. The molecule has 9 heteroatoms. The van der Waals surface area contributed by atoms with Crippen LogP contribution in [0.25, 0.3) is 0 Å². The summed E-state index contributed by atoms with van der Waals surface area (Å²) in [5, 5.41) is 14.2. The van der Waals surface area contributed by atoms with E-state index in [1.54, 1.807) is 41.5 Å². The van der Waals surface area contributed by atoms with Gasteiger partial charge in [-0.05, 0) is 41.5 Å². The normalized spacial score (nSPS) is 12.7. The molecule has 0 saturated carbocycles. The Labute approximate surface area is 111 Å². The molecule has 0 bridgehead atoms. The number of hydrogen-bond donors (Lipinski definition) is 2. The molecule has 2 amide bonds. The van der Waals surface area contributed by atoms with Crippen molar-refractivity contribution in [2.45, 2.75) is 52.6 Å². The molecule has 0 radical (unpaired) electrons. The summed E-state index contributed by atoms with van der Waals surface area (Å²) in [6, 6.07) is 0. The standard InChI is InChI=1S/C10H20N6O3/c1-9(2,3)13-15-11-7(17)19-8(18)12-16-14-10(4,5)6/h1-6H3,(H,11,13,17)(H,12,14,18). The highest BCUT2D eigenvalue weighted by Gasteiger charge is 2.11. The number of carbonyl (C=O) groups is 2. The average molecular weight is 272 g/mol. The monoisotopic (exact) mass is 272 g/mol. The highest BCUT2D eigenvalue weighted by Crippen LogP contribution is 2.06. The van der Waals surface area contributed by atoms with Crippen LogP contribution < -0.4 is 10.9 Å². The highest BCUT2D eigenvalue weighted by atomic mass is 16.6. The molecule has 0 aliphatic heterocycles. The Morgan fingerprint density at radius 2 is 1.11 bits per heavy atom. The molecule has 0 aromatic rings. The first-order valence-electron chi connectivity index (χ1n) is 5.61. The minimum Gasteiger partial charge on any atom is -0.357 e. The summed E-state index contributed by atoms with van der Waals surface area (Å²) in [6.45, 7) is 10.8. The SMILES string of the molecule is CC(C)(C)/N=N/NC(=O)OC(=O)N/N=N/C(C)(C)C. The molecular weight excluding hydrogens is 252 g/mol. The first-order chi connectivity index (χ1) is 8.49. The van der Waals surface area contributed by atoms with E-state index in [2.05, 4.69) is 25.4 Å². The number of nitrogens with zero attached hydrogens (tertiary/aromatic N) is 4. The van der Waals surface area contributed by atoms with Crippen LogP contribution in [0, 0.1) is 0 Å². The Morgan fingerprint density at radius 3 is 1.37 bits per heavy atom. The van der Waals surface area contributed by atoms with E-state index in [4.69, 9.17) is 0 Å². The number of carbonyl (C=O) groups excluding carboxylic acids is 2. The van der Waals surface area contributed by atoms with E-state index in [0.717, 1.165) is 0 Å². The second kappa shape index (κ2) is 6.76. The second-order valence-electron chi connectivity index (χ2n) is 5.64. The summed E-state index contributed by atoms with van der Waals surface area (Å²) in [4.78, 5) is 22.2. The van der Waals surface area contributed by atoms with Crippen molar-refractivity contribution < 1.29 is 14.3 Å². The van der Waals surface area contributed by atoms with Gasteiger partial charge in [-0.1, -0.05) is 10.4 Å². The van der Waals surface area contributed by atoms with E-state index in [1.165, 1.54) is 0 Å². The lowest BCUT2D eigenvalue weighted by atomic mass is 10.1. The van der Waals surface area contributed by atoms with Crippen LogP contribution in [0.3, 0.4) is 0 Å². The molecule has 0 unspecified atom stereocenters. The summed E-state index contributed by atoms with van der Waals surface area (Å²) in [6.07, 6.45) is -2.12. The van der Waals surface area contributed by atoms with E-state index in [-0.39, 0.29) is 0 Å². The zero-order valence-corrected chi connectivity index (χ0v) is 12.0. The van der Waals surface area contributed by atoms with E-state index < -0.39 is 23.3 Å². The Hall–Kier alpha value is -2.06. The largest absolute Gasteiger partial charge is 0.438 e. The molecule has 0 rings (SSSR count). The van der Waals surface area contributed by atoms with Gasteiger partial charge in [-0.15, -0.1) is 0 Å². The van der Waals surface area contributed by atoms with E-state index in [0.29, 0.717) is 0 Å². The maximum atomic E-state index is 11.1. The van der Waals surface area contributed by atoms with E-state index in [1.807, 2.05) is 10.9 Å². The Balaban J connectivity index is 4.05. The lowest BCUT2D eigenvalue weighted by Crippen LogP contribution is -2.28. The van der Waals surface area contributed by atoms with E-state index in [9.17, 15) is 9.59 Å². The van der Waals surface area contributed by atoms with Crippen molar-refractivity contribution in [1.29, 1.82) is 0 Å². The smallest absolute Gasteiger partial charge is 0.357 e. The van der Waals surface area contributed by atoms with Crippen LogP contribution in [0.5, 0.6) is 0 Å². The van der Waals surface area contributed by atoms with Crippen molar-refractivity contribution in [3.63, 3.8) is 0 Å². The van der Waals surface area contributed by atoms with Gasteiger partial charge in [-0.2, -0.15) is 21.1 Å². The maximum Gasteiger partial charge on any atom is 0.438 e. The van der Waals surface area contributed by atoms with Crippen LogP contribution in [0.4, 0.5) is 9.59 Å². The van der Waals surface area contributed by atoms with Crippen LogP contribution in [-0.2, 0) is 4.74 Å². The summed E-state index contributed by atoms with van der Waals surface area (Å²) >= 11 is 0. The second-order valence-corrected chi connectivity index (χ2v) is 5.64. The minimum absolute atomic E-state index is 0.434. The Morgan fingerprint density at radius 1 is 0.789 bits per heavy atom. The molecule has 0 aromatic heterocycles. The molecular formula is C10H20N6O3. The number of hydrogen-bond acceptors (Lipinski definition) is 7. The molecule has 0 aliphatic rings. The van der Waals surface area contributed by atoms with Crippen molar-refractivity contribution in [2.24, 2.45) is 20.7 Å². The van der Waals surface area contributed by atoms with E-state index >= 15 is 0 Å². The molecule has 0 aromatic carbocycles. The van der Waals surface area contributed by atoms with Gasteiger partial charge < -0.3 is 4.74 Å². The van der Waals surface area contributed by atoms with Gasteiger partial charge >= 0.3 is 12.2 Å². The first kappa shape index (κ1) is 16.9. The van der Waals surface area contributed by atoms with Crippen molar-refractivity contribution in [3.05, 3.63) is 0 Å². The quantitative estimate of drug-likeness (QED) is 0.457. The van der Waals surface area contributed by atoms with Gasteiger partial charge in [0.1, 0.15) is 0 Å². The predicted octanol–water partition coefficient (Wildman–Crippen LogP) is 2.75. The van der Waals surface area contributed by atoms with Gasteiger partial charge in [0.15, 0.2) is 0 Å². The van der Waals surface area contributed by atoms with Gasteiger partial charge in [0.05, 0.1) is 11.1 Å². The van der Waals surface area contributed by atoms with Gasteiger partial charge in [0.25, 0.3) is 0 Å². The van der Waals surface area contributed by atoms with Crippen molar-refractivity contribution in [3.8, 4) is 0 Å². The van der Waals surface area contributed by atoms with Crippen LogP contribution in [0.1, 0.15) is 41.5 Å². The molecule has 0 aliphatic carbocycles. The number of ether oxygens (including phenoxy) is 1. The summed E-state index contributed by atoms with van der Waals surface area (Å²) in [5.74, 6) is 0. The van der Waals surface area contributed by atoms with Crippen LogP contribution in [0.15, 0.2) is 20.7 Å². The summed E-state index contributed by atoms with van der Waals surface area (Å²) in [7, 11) is 0. The van der Waals surface area contributed by atoms with Crippen LogP contribution in [-0.4, -0.2) is 23.3 Å². The predicted molar refractivity (Wildman–Crippen MR) is 67.4 cm³/mol. The minimum atomic E-state index is -1.06. The third kappa shape index (κ3) is 12.2. The molecule has 9 nitrogen and oxygen atoms in total. The van der Waals surface area contributed by atoms with Crippen LogP contribution in [0.2, 0.25) is 0 Å². The Kier molecular flexibility index (Phi) is 6.03. The molecule has 2 N–H and O–H groups in total. The molecule has 0 heterocycles. The van der Waals surface area contributed by atoms with Crippen LogP contribution >= 0.6 is 0 Å². The van der Waals surface area contributed by atoms with Crippen molar-refractivity contribution in [1.82, 2.24) is 10.9 Å². The van der Waals surface area contributed by atoms with Crippen molar-refractivity contribution in [2.75, 3.05) is 0 Å². The van der Waals surface area contributed by atoms with Gasteiger partial charge in [0.2, 0.25) is 0 Å². The topological polar surface area (TPSA) is 117 Å². The molecule has 19 heavy (non-hydrogen) atoms. The lowest BCUT2D eigenvalue weighted by Gasteiger charge is -2.09. The fourth-order valence-corrected chi connectivity index (χ4v) is 0.561. The third-order valence-corrected chi connectivity index (χ3v) is 1.17. The fourth-order valence-electron chi connectivity index (χ4n) is 0.561. The van der Waals surface area contributed by atoms with Gasteiger partial charge in [0, 0.05) is 0 Å². The summed E-state index contributed by atoms with van der Waals surface area (Å²) in [5.41, 5.74) is 3.01. The lowest BCUT2D eigenvalue weighted by molar-refractivity contribution is 0.149. The fraction of sp³-hybridized carbons (Fsp3) is 0.800. The third-order valence-electron chi connectivity index (χ3n) is 1.17. The average Bonchev–Trinajstić information content (AvgIpc) is 2.12. The number of nitrogens with one attached hydrogen (secondary N) is 2. The molecule has 0 spiro atoms. The highest BCUT2D eigenvalue weighted by molar-refractivity contribution is 5.82. The zero-order chi connectivity index (χ0) is 15.1. The molecule has 0 saturated heterocycles. The van der Waals surface area contributed by atoms with Gasteiger partial charge in [-0.25, -0.2) is 9.59 Å². The molecule has 108 valence electrons. The molecule has 0 fully saturated rings. The number of amides is 2. The first-order valence-corrected chi connectivity index (χ1v) is 5.61.